The van der Waals surface area contributed by atoms with Crippen molar-refractivity contribution in [1.82, 2.24) is 77.3 Å². The number of aliphatic hydroxyl groups excluding tert-OH is 2. The first-order chi connectivity index (χ1) is 64.6. The van der Waals surface area contributed by atoms with Crippen LogP contribution in [0, 0.1) is 23.4 Å². The summed E-state index contributed by atoms with van der Waals surface area (Å²) in [5, 5.41) is 77.3. The molecule has 43 heteroatoms. The minimum atomic E-state index is -2.08. The number of H-pyrrole nitrogens is 1. The topological polar surface area (TPSA) is 584 Å². The molecule has 4 heterocycles. The van der Waals surface area contributed by atoms with Gasteiger partial charge in [0.15, 0.2) is 17.5 Å². The molecule has 3 aliphatic heterocycles. The van der Waals surface area contributed by atoms with Crippen molar-refractivity contribution < 1.29 is 120 Å². The lowest BCUT2D eigenvalue weighted by molar-refractivity contribution is -0.152. The molecule has 3 saturated heterocycles. The molecule has 0 unspecified atom stereocenters. The Bertz CT molecular complexity index is 5280. The van der Waals surface area contributed by atoms with Crippen LogP contribution in [0.15, 0.2) is 128 Å². The predicted molar refractivity (Wildman–Crippen MR) is 487 cm³/mol. The van der Waals surface area contributed by atoms with E-state index in [4.69, 9.17) is 11.5 Å². The van der Waals surface area contributed by atoms with Gasteiger partial charge in [-0.2, -0.15) is 0 Å². The van der Waals surface area contributed by atoms with E-state index in [1.807, 2.05) is 0 Å². The van der Waals surface area contributed by atoms with E-state index in [2.05, 4.69) is 52.8 Å². The quantitative estimate of drug-likeness (QED) is 0.0246. The van der Waals surface area contributed by atoms with Crippen molar-refractivity contribution in [2.24, 2.45) is 17.4 Å². The van der Waals surface area contributed by atoms with Crippen LogP contribution in [0.2, 0.25) is 0 Å². The zero-order valence-electron chi connectivity index (χ0n) is 76.0. The number of carbonyl (C=O) groups excluding carboxylic acids is 15. The molecule has 15 atom stereocenters. The number of para-hydroxylation sites is 1. The lowest BCUT2D eigenvalue weighted by Gasteiger charge is -2.38. The Morgan fingerprint density at radius 2 is 1.02 bits per heavy atom. The molecule has 3 aliphatic rings. The molecular formula is C93H118F3N17O22S. The number of thioether (sulfide) groups is 1. The maximum Gasteiger partial charge on any atom is 0.305 e. The Morgan fingerprint density at radius 3 is 1.60 bits per heavy atom. The highest BCUT2D eigenvalue weighted by Gasteiger charge is 2.48. The Balaban J connectivity index is 1.15. The number of rotatable bonds is 26. The number of aromatic hydroxyl groups is 1. The number of primary amides is 1. The number of fused-ring (bicyclic) bond motifs is 3. The number of nitrogens with zero attached hydrogens (tertiary/aromatic N) is 5. The number of nitrogens with two attached hydrogens (primary N) is 2. The first-order valence-electron chi connectivity index (χ1n) is 44.7. The van der Waals surface area contributed by atoms with Gasteiger partial charge in [0, 0.05) is 108 Å². The van der Waals surface area contributed by atoms with Gasteiger partial charge in [0.1, 0.15) is 84.3 Å². The molecule has 0 spiro atoms. The molecule has 1 aromatic heterocycles. The number of phenols is 1. The van der Waals surface area contributed by atoms with Crippen LogP contribution in [0.3, 0.4) is 0 Å². The van der Waals surface area contributed by atoms with Crippen molar-refractivity contribution >= 4 is 123 Å². The number of amides is 15. The molecule has 6 aromatic rings. The van der Waals surface area contributed by atoms with Crippen LogP contribution < -0.4 is 59.3 Å². The van der Waals surface area contributed by atoms with Crippen molar-refractivity contribution in [2.45, 2.75) is 214 Å². The average Bonchev–Trinajstić information content (AvgIpc) is 1.60. The van der Waals surface area contributed by atoms with Crippen LogP contribution in [0.1, 0.15) is 119 Å². The number of nitrogens with one attached hydrogen (secondary N) is 10. The van der Waals surface area contributed by atoms with Gasteiger partial charge < -0.3 is 114 Å². The van der Waals surface area contributed by atoms with Gasteiger partial charge in [0.05, 0.1) is 30.9 Å². The van der Waals surface area contributed by atoms with E-state index < -0.39 is 296 Å². The summed E-state index contributed by atoms with van der Waals surface area (Å²) in [4.78, 5) is 258. The van der Waals surface area contributed by atoms with Gasteiger partial charge in [0.25, 0.3) is 0 Å². The fraction of sp³-hybridized carbons (Fsp3) is 0.473. The van der Waals surface area contributed by atoms with Gasteiger partial charge >= 0.3 is 11.9 Å². The van der Waals surface area contributed by atoms with Crippen LogP contribution >= 0.6 is 11.8 Å². The van der Waals surface area contributed by atoms with Gasteiger partial charge in [-0.15, -0.1) is 11.8 Å². The van der Waals surface area contributed by atoms with Crippen molar-refractivity contribution in [3.05, 3.63) is 173 Å². The van der Waals surface area contributed by atoms with Gasteiger partial charge in [-0.25, -0.2) is 13.2 Å². The third-order valence-electron chi connectivity index (χ3n) is 24.0. The number of aromatic amines is 1. The zero-order chi connectivity index (χ0) is 99.5. The number of carboxylic acid groups (broad SMARTS) is 2. The first kappa shape index (κ1) is 106. The molecule has 3 fully saturated rings. The maximum atomic E-state index is 15.7. The molecular weight excluding hydrogens is 1800 g/mol. The number of hydrogen-bond donors (Lipinski definition) is 17. The molecule has 0 saturated carbocycles. The Labute approximate surface area is 786 Å². The van der Waals surface area contributed by atoms with Crippen molar-refractivity contribution in [2.75, 3.05) is 58.8 Å². The first-order valence-corrected chi connectivity index (χ1v) is 45.8. The number of carboxylic acids is 2. The molecule has 19 N–H and O–H groups in total. The number of carbonyl (C=O) groups is 17. The number of benzene rings is 5. The zero-order valence-corrected chi connectivity index (χ0v) is 76.8. The SMILES string of the molecule is CCCC[C@H]1C(=O)N2C[C@H](O)C[C@@H]2C(=O)N[C@@H](CC(=O)O)C(=O)N[C@@H](C(C)C)C(=O)N(C)[C@@H](Cc2ccccc2)C(=O)N[C@@H](CCC(=O)O)C(=O)N2C[C@H](O)C[C@@H]2C(=O)N[C@@H](Cc2c[nH]c3ccccc23)C(=O)N[C@@H](Cc2ccc(O)cc2)C(=O)N[C@@H](CCCCN)C(=O)N[C@H](C(=O)NCC(N)=O)CSCC(=O)N[C@@H](Cc2cc(F)c(F)c(F)c2)C(=O)N(C)[C@@H](Cc2ccccc2)C(=O)N1C. The number of phenolic OH excluding ortho intramolecular Hbond substituents is 1. The number of hydrogen-bond acceptors (Lipinski definition) is 22. The van der Waals surface area contributed by atoms with Crippen molar-refractivity contribution in [1.29, 1.82) is 0 Å². The third kappa shape index (κ3) is 29.5. The summed E-state index contributed by atoms with van der Waals surface area (Å²) in [6.45, 7) is 2.76. The summed E-state index contributed by atoms with van der Waals surface area (Å²) in [6.07, 6.45) is -6.90. The summed E-state index contributed by atoms with van der Waals surface area (Å²) in [5.74, 6) is -27.2. The van der Waals surface area contributed by atoms with E-state index in [1.54, 1.807) is 98.0 Å². The van der Waals surface area contributed by atoms with Crippen LogP contribution in [0.5, 0.6) is 5.75 Å². The summed E-state index contributed by atoms with van der Waals surface area (Å²) in [6, 6.07) is 6.59. The largest absolute Gasteiger partial charge is 0.508 e. The molecule has 9 rings (SSSR count). The number of aliphatic hydroxyl groups is 2. The number of halogens is 3. The second kappa shape index (κ2) is 50.1. The van der Waals surface area contributed by atoms with E-state index in [0.29, 0.717) is 63.5 Å². The monoisotopic (exact) mass is 1910 g/mol. The Morgan fingerprint density at radius 1 is 0.507 bits per heavy atom. The fourth-order valence-corrected chi connectivity index (χ4v) is 17.4. The number of unbranched alkanes of at least 4 members (excludes halogenated alkanes) is 2. The highest BCUT2D eigenvalue weighted by atomic mass is 32.2. The van der Waals surface area contributed by atoms with Crippen LogP contribution in [-0.4, -0.2) is 305 Å². The predicted octanol–water partition coefficient (Wildman–Crippen LogP) is -0.250. The lowest BCUT2D eigenvalue weighted by atomic mass is 9.98. The molecule has 0 aliphatic carbocycles. The van der Waals surface area contributed by atoms with E-state index >= 15 is 56.7 Å². The van der Waals surface area contributed by atoms with E-state index in [0.717, 1.165) is 31.5 Å². The molecule has 15 amide bonds. The number of likely N-dealkylation sites (N-methyl/N-ethyl adjacent to an activating group) is 3. The second-order valence-corrected chi connectivity index (χ2v) is 35.5. The van der Waals surface area contributed by atoms with Crippen molar-refractivity contribution in [3.8, 4) is 5.75 Å². The van der Waals surface area contributed by atoms with Gasteiger partial charge in [-0.1, -0.05) is 125 Å². The minimum absolute atomic E-state index is 0.0681. The summed E-state index contributed by atoms with van der Waals surface area (Å²) in [7, 11) is 3.54. The Hall–Kier alpha value is -13.6. The lowest BCUT2D eigenvalue weighted by Crippen LogP contribution is -2.62. The van der Waals surface area contributed by atoms with Gasteiger partial charge in [0.2, 0.25) is 88.6 Å². The second-order valence-electron chi connectivity index (χ2n) is 34.5. The molecule has 39 nitrogen and oxygen atoms in total. The number of aromatic nitrogens is 1. The summed E-state index contributed by atoms with van der Waals surface area (Å²) >= 11 is 0.631. The molecule has 0 radical (unpaired) electrons. The fourth-order valence-electron chi connectivity index (χ4n) is 16.5. The highest BCUT2D eigenvalue weighted by Crippen LogP contribution is 2.29. The third-order valence-corrected chi connectivity index (χ3v) is 25.0. The minimum Gasteiger partial charge on any atom is -0.508 e. The van der Waals surface area contributed by atoms with E-state index in [1.165, 1.54) is 52.2 Å². The van der Waals surface area contributed by atoms with Gasteiger partial charge in [-0.05, 0) is 103 Å². The highest BCUT2D eigenvalue weighted by molar-refractivity contribution is 8.00. The van der Waals surface area contributed by atoms with Gasteiger partial charge in [-0.3, -0.25) is 81.5 Å². The summed E-state index contributed by atoms with van der Waals surface area (Å²) < 4.78 is 45.1. The molecule has 734 valence electrons. The smallest absolute Gasteiger partial charge is 0.305 e. The normalized spacial score (nSPS) is 24.4. The summed E-state index contributed by atoms with van der Waals surface area (Å²) in [5.41, 5.74) is 13.1. The van der Waals surface area contributed by atoms with Crippen LogP contribution in [-0.2, 0) is 114 Å². The molecule has 136 heavy (non-hydrogen) atoms. The standard InChI is InChI=1S/C93H118F3N17O22S/c1-7-8-26-70-92(134)113-47-58(116)42-73(113)88(130)106-67(43-78(121)122)85(127)108-80(50(2)3)93(135)110(5)71(38-51-19-11-9-12-20-51)86(128)103-64(31-32-77(119)120)90(132)112-46-57(115)41-72(112)87(129)105-66(40-55-44-99-62-24-16-15-23-59(55)62)84(126)104-65(36-53-27-29-56(114)30-28-53)83(125)102-63(25-17-18-33-97)82(124)107-69(81(123)100-45-75(98)117)48-136-49-76(118)101-68(37-54-34-60(94)79(96)61(95)35-54)89(131)111(6)74(91(133)109(70)4)39-52-21-13-10-14-22-52/h9-16,19-24,27-30,34-35,44,50,57-58,63-74,80,99,114-116H,7-8,17-18,25-26,31-33,36-43,45-49,97H2,1-6H3,(H2,98,117)(H,100,123)(H,101,118)(H,102,125)(H,103,128)(H,104,126)(H,105,129)(H,106,130)(H,107,124)(H,108,127)(H,119,120)(H,121,122)/t57-,58-,63+,64+,65+,66+,67+,68+,69+,70+,71+,72-,73-,74+,80+/m1/s1. The average molecular weight is 1920 g/mol. The number of aliphatic carboxylic acids is 2. The molecule has 5 aromatic carbocycles. The van der Waals surface area contributed by atoms with Crippen molar-refractivity contribution in [3.63, 3.8) is 0 Å². The van der Waals surface area contributed by atoms with E-state index in [-0.39, 0.29) is 63.7 Å². The van der Waals surface area contributed by atoms with Crippen LogP contribution in [0.4, 0.5) is 13.2 Å². The Kier molecular flexibility index (Phi) is 39.1. The molecule has 0 bridgehead atoms. The van der Waals surface area contributed by atoms with E-state index in [9.17, 15) is 63.5 Å². The maximum absolute atomic E-state index is 15.7. The van der Waals surface area contributed by atoms with Crippen LogP contribution in [0.25, 0.3) is 10.9 Å².